The highest BCUT2D eigenvalue weighted by Crippen LogP contribution is 2.39. The lowest BCUT2D eigenvalue weighted by Gasteiger charge is -2.47. The summed E-state index contributed by atoms with van der Waals surface area (Å²) in [5.41, 5.74) is 8.13. The fourth-order valence-electron chi connectivity index (χ4n) is 2.57. The number of halogens is 1. The average molecular weight is 239 g/mol. The fraction of sp³-hybridized carbons (Fsp3) is 0.538. The van der Waals surface area contributed by atoms with E-state index in [1.54, 1.807) is 0 Å². The lowest BCUT2D eigenvalue weighted by Crippen LogP contribution is -2.54. The summed E-state index contributed by atoms with van der Waals surface area (Å²) in [7, 11) is 0. The van der Waals surface area contributed by atoms with Gasteiger partial charge in [-0.1, -0.05) is 24.6 Å². The van der Waals surface area contributed by atoms with E-state index in [1.165, 1.54) is 0 Å². The highest BCUT2D eigenvalue weighted by Gasteiger charge is 2.40. The molecular formula is C13H19ClN2. The third-order valence-corrected chi connectivity index (χ3v) is 3.86. The van der Waals surface area contributed by atoms with Crippen molar-refractivity contribution in [2.75, 3.05) is 11.9 Å². The second-order valence-corrected chi connectivity index (χ2v) is 5.49. The van der Waals surface area contributed by atoms with Crippen LogP contribution in [0.5, 0.6) is 0 Å². The Morgan fingerprint density at radius 3 is 2.69 bits per heavy atom. The zero-order valence-electron chi connectivity index (χ0n) is 9.89. The number of nitrogens with one attached hydrogen (secondary N) is 1. The van der Waals surface area contributed by atoms with Gasteiger partial charge in [-0.15, -0.1) is 0 Å². The monoisotopic (exact) mass is 238 g/mol. The summed E-state index contributed by atoms with van der Waals surface area (Å²) in [6.07, 6.45) is 2.30. The maximum Gasteiger partial charge on any atom is 0.0500 e. The topological polar surface area (TPSA) is 38.0 Å². The van der Waals surface area contributed by atoms with Crippen molar-refractivity contribution in [2.45, 2.75) is 32.2 Å². The molecule has 0 amide bonds. The molecule has 0 spiro atoms. The smallest absolute Gasteiger partial charge is 0.0500 e. The number of aryl methyl sites for hydroxylation is 1. The summed E-state index contributed by atoms with van der Waals surface area (Å²) in [5, 5.41) is 4.34. The number of hydrogen-bond donors (Lipinski definition) is 2. The number of nitrogens with two attached hydrogens (primary N) is 1. The number of benzene rings is 1. The molecule has 1 aliphatic rings. The van der Waals surface area contributed by atoms with Crippen molar-refractivity contribution < 1.29 is 0 Å². The molecule has 3 N–H and O–H groups in total. The Kier molecular flexibility index (Phi) is 3.13. The van der Waals surface area contributed by atoms with Crippen LogP contribution < -0.4 is 11.1 Å². The summed E-state index contributed by atoms with van der Waals surface area (Å²) in [5.74, 6) is 0.775. The molecule has 2 rings (SSSR count). The van der Waals surface area contributed by atoms with E-state index in [2.05, 4.69) is 18.3 Å². The molecule has 0 aromatic heterocycles. The van der Waals surface area contributed by atoms with Gasteiger partial charge in [0.25, 0.3) is 0 Å². The van der Waals surface area contributed by atoms with Crippen LogP contribution in [0.1, 0.15) is 25.3 Å². The Bertz CT molecular complexity index is 384. The maximum absolute atomic E-state index is 6.10. The molecule has 1 saturated carbocycles. The molecule has 0 aliphatic heterocycles. The van der Waals surface area contributed by atoms with Crippen LogP contribution >= 0.6 is 11.6 Å². The minimum atomic E-state index is 0.0952. The molecule has 1 aromatic rings. The molecule has 0 bridgehead atoms. The average Bonchev–Trinajstić information content (AvgIpc) is 2.21. The van der Waals surface area contributed by atoms with Crippen LogP contribution in [0.25, 0.3) is 0 Å². The van der Waals surface area contributed by atoms with Gasteiger partial charge in [0.15, 0.2) is 0 Å². The molecule has 88 valence electrons. The van der Waals surface area contributed by atoms with E-state index in [9.17, 15) is 0 Å². The summed E-state index contributed by atoms with van der Waals surface area (Å²) >= 11 is 6.10. The molecule has 1 aromatic carbocycles. The van der Waals surface area contributed by atoms with E-state index >= 15 is 0 Å². The van der Waals surface area contributed by atoms with Crippen LogP contribution in [0.2, 0.25) is 5.02 Å². The van der Waals surface area contributed by atoms with Crippen molar-refractivity contribution in [3.8, 4) is 0 Å². The van der Waals surface area contributed by atoms with Crippen molar-refractivity contribution >= 4 is 17.3 Å². The predicted octanol–water partition coefficient (Wildman–Crippen LogP) is 3.19. The van der Waals surface area contributed by atoms with Gasteiger partial charge in [-0.05, 0) is 43.4 Å². The molecule has 16 heavy (non-hydrogen) atoms. The molecule has 1 fully saturated rings. The van der Waals surface area contributed by atoms with Gasteiger partial charge in [-0.2, -0.15) is 0 Å². The van der Waals surface area contributed by atoms with Crippen LogP contribution in [-0.4, -0.2) is 12.1 Å². The maximum atomic E-state index is 6.10. The first kappa shape index (κ1) is 11.7. The summed E-state index contributed by atoms with van der Waals surface area (Å²) in [6, 6.07) is 6.09. The minimum absolute atomic E-state index is 0.0952. The van der Waals surface area contributed by atoms with Gasteiger partial charge in [0.2, 0.25) is 0 Å². The third-order valence-electron chi connectivity index (χ3n) is 3.45. The van der Waals surface area contributed by atoms with E-state index in [-0.39, 0.29) is 5.54 Å². The van der Waals surface area contributed by atoms with Crippen LogP contribution in [0.4, 0.5) is 5.69 Å². The molecule has 0 saturated heterocycles. The highest BCUT2D eigenvalue weighted by atomic mass is 35.5. The van der Waals surface area contributed by atoms with Crippen molar-refractivity contribution in [1.82, 2.24) is 0 Å². The lowest BCUT2D eigenvalue weighted by atomic mass is 9.69. The molecule has 0 heterocycles. The van der Waals surface area contributed by atoms with Crippen LogP contribution in [0.3, 0.4) is 0 Å². The minimum Gasteiger partial charge on any atom is -0.378 e. The van der Waals surface area contributed by atoms with Crippen molar-refractivity contribution in [3.63, 3.8) is 0 Å². The van der Waals surface area contributed by atoms with Crippen molar-refractivity contribution in [2.24, 2.45) is 11.7 Å². The Balaban J connectivity index is 2.11. The second kappa shape index (κ2) is 4.27. The summed E-state index contributed by atoms with van der Waals surface area (Å²) < 4.78 is 0. The van der Waals surface area contributed by atoms with Gasteiger partial charge in [0, 0.05) is 17.3 Å². The fourth-order valence-corrected chi connectivity index (χ4v) is 2.75. The Morgan fingerprint density at radius 1 is 1.50 bits per heavy atom. The highest BCUT2D eigenvalue weighted by molar-refractivity contribution is 6.31. The van der Waals surface area contributed by atoms with Gasteiger partial charge < -0.3 is 11.1 Å². The molecular weight excluding hydrogens is 220 g/mol. The molecule has 1 aliphatic carbocycles. The van der Waals surface area contributed by atoms with Gasteiger partial charge >= 0.3 is 0 Å². The first-order valence-corrected chi connectivity index (χ1v) is 6.17. The van der Waals surface area contributed by atoms with Crippen molar-refractivity contribution in [3.05, 3.63) is 28.8 Å². The van der Waals surface area contributed by atoms with E-state index in [0.717, 1.165) is 35.0 Å². The molecule has 3 heteroatoms. The van der Waals surface area contributed by atoms with Gasteiger partial charge in [-0.3, -0.25) is 0 Å². The lowest BCUT2D eigenvalue weighted by molar-refractivity contribution is 0.194. The second-order valence-electron chi connectivity index (χ2n) is 5.09. The number of hydrogen-bond acceptors (Lipinski definition) is 2. The Labute approximate surface area is 102 Å². The molecule has 0 radical (unpaired) electrons. The number of anilines is 1. The van der Waals surface area contributed by atoms with Crippen LogP contribution in [0, 0.1) is 12.8 Å². The first-order chi connectivity index (χ1) is 7.54. The first-order valence-electron chi connectivity index (χ1n) is 5.79. The summed E-state index contributed by atoms with van der Waals surface area (Å²) in [4.78, 5) is 0. The molecule has 0 unspecified atom stereocenters. The van der Waals surface area contributed by atoms with Gasteiger partial charge in [0.1, 0.15) is 0 Å². The normalized spacial score (nSPS) is 28.6. The Morgan fingerprint density at radius 2 is 2.19 bits per heavy atom. The van der Waals surface area contributed by atoms with Gasteiger partial charge in [0.05, 0.1) is 5.54 Å². The quantitative estimate of drug-likeness (QED) is 0.849. The van der Waals surface area contributed by atoms with E-state index < -0.39 is 0 Å². The predicted molar refractivity (Wildman–Crippen MR) is 70.0 cm³/mol. The third kappa shape index (κ3) is 2.18. The van der Waals surface area contributed by atoms with E-state index in [1.807, 2.05) is 19.1 Å². The van der Waals surface area contributed by atoms with Crippen LogP contribution in [-0.2, 0) is 0 Å². The van der Waals surface area contributed by atoms with E-state index in [4.69, 9.17) is 17.3 Å². The van der Waals surface area contributed by atoms with E-state index in [0.29, 0.717) is 6.54 Å². The zero-order chi connectivity index (χ0) is 11.8. The Hall–Kier alpha value is -0.730. The SMILES string of the molecule is Cc1ccc(NC2(CN)CC(C)C2)cc1Cl. The van der Waals surface area contributed by atoms with Crippen molar-refractivity contribution in [1.29, 1.82) is 0 Å². The van der Waals surface area contributed by atoms with Gasteiger partial charge in [-0.25, -0.2) is 0 Å². The molecule has 0 atom stereocenters. The van der Waals surface area contributed by atoms with Crippen LogP contribution in [0.15, 0.2) is 18.2 Å². The standard InChI is InChI=1S/C13H19ClN2/c1-9-6-13(7-9,8-15)16-11-4-3-10(2)12(14)5-11/h3-5,9,16H,6-8,15H2,1-2H3. The zero-order valence-corrected chi connectivity index (χ0v) is 10.6. The summed E-state index contributed by atoms with van der Waals surface area (Å²) in [6.45, 7) is 4.96. The molecule has 2 nitrogen and oxygen atoms in total. The largest absolute Gasteiger partial charge is 0.378 e. The number of rotatable bonds is 3.